The van der Waals surface area contributed by atoms with E-state index >= 15 is 0 Å². The average molecular weight is 516 g/mol. The highest BCUT2D eigenvalue weighted by atomic mass is 16.2. The number of likely N-dealkylation sites (tertiary alicyclic amines) is 1. The molecule has 2 aromatic rings. The van der Waals surface area contributed by atoms with Crippen LogP contribution in [0.3, 0.4) is 0 Å². The summed E-state index contributed by atoms with van der Waals surface area (Å²) >= 11 is 0. The van der Waals surface area contributed by atoms with E-state index in [1.807, 2.05) is 86.7 Å². The number of hydrogen-bond donors (Lipinski definition) is 1. The van der Waals surface area contributed by atoms with Crippen molar-refractivity contribution in [2.75, 3.05) is 13.1 Å². The normalized spacial score (nSPS) is 19.4. The van der Waals surface area contributed by atoms with Gasteiger partial charge in [-0.25, -0.2) is 0 Å². The zero-order valence-electron chi connectivity index (χ0n) is 22.2. The van der Waals surface area contributed by atoms with Crippen molar-refractivity contribution in [2.24, 2.45) is 17.8 Å². The highest BCUT2D eigenvalue weighted by Gasteiger charge is 2.47. The van der Waals surface area contributed by atoms with Gasteiger partial charge >= 0.3 is 0 Å². The van der Waals surface area contributed by atoms with Gasteiger partial charge in [0, 0.05) is 32.5 Å². The minimum absolute atomic E-state index is 0.0278. The van der Waals surface area contributed by atoms with Crippen molar-refractivity contribution in [3.8, 4) is 0 Å². The molecule has 4 rings (SSSR count). The number of nitrogens with one attached hydrogen (secondary N) is 1. The number of nitrogens with zero attached hydrogens (tertiary/aromatic N) is 2. The van der Waals surface area contributed by atoms with Gasteiger partial charge in [-0.1, -0.05) is 86.7 Å². The van der Waals surface area contributed by atoms with Crippen LogP contribution in [0.2, 0.25) is 0 Å². The Balaban J connectivity index is 1.56. The van der Waals surface area contributed by atoms with Crippen LogP contribution in [-0.2, 0) is 32.1 Å². The number of rotatable bonds is 11. The van der Waals surface area contributed by atoms with Gasteiger partial charge in [-0.05, 0) is 29.9 Å². The maximum Gasteiger partial charge on any atom is 0.243 e. The number of carbonyl (C=O) groups excluding carboxylic acids is 4. The second-order valence-electron chi connectivity index (χ2n) is 10.6. The fraction of sp³-hybridized carbons (Fsp3) is 0.419. The van der Waals surface area contributed by atoms with Gasteiger partial charge in [0.05, 0.1) is 11.8 Å². The zero-order valence-corrected chi connectivity index (χ0v) is 22.2. The fourth-order valence-corrected chi connectivity index (χ4v) is 5.20. The van der Waals surface area contributed by atoms with E-state index in [2.05, 4.69) is 5.32 Å². The standard InChI is InChI=1S/C31H37N3O4/c1-22(2)20-32-29(36)27(19-23-11-5-3-6-12-23)34(21-24-13-7-4-8-14-24)28(35)17-18-33-30(37)25-15-9-10-16-26(25)31(33)38/h3-14,22,25-27H,15-21H2,1-2H3,(H,32,36)/t25-,26+,27-/m1/s1. The molecule has 0 radical (unpaired) electrons. The summed E-state index contributed by atoms with van der Waals surface area (Å²) in [5, 5.41) is 3.01. The molecule has 1 fully saturated rings. The molecule has 0 bridgehead atoms. The van der Waals surface area contributed by atoms with Crippen molar-refractivity contribution in [2.45, 2.75) is 52.1 Å². The summed E-state index contributed by atoms with van der Waals surface area (Å²) in [6.45, 7) is 4.84. The van der Waals surface area contributed by atoms with Crippen molar-refractivity contribution >= 4 is 23.6 Å². The van der Waals surface area contributed by atoms with Gasteiger partial charge < -0.3 is 10.2 Å². The molecule has 7 heteroatoms. The first-order valence-electron chi connectivity index (χ1n) is 13.5. The predicted molar refractivity (Wildman–Crippen MR) is 145 cm³/mol. The summed E-state index contributed by atoms with van der Waals surface area (Å²) in [5.74, 6) is -1.24. The van der Waals surface area contributed by atoms with Crippen LogP contribution < -0.4 is 5.32 Å². The van der Waals surface area contributed by atoms with E-state index in [9.17, 15) is 19.2 Å². The van der Waals surface area contributed by atoms with E-state index in [1.165, 1.54) is 4.90 Å². The molecule has 1 aliphatic carbocycles. The molecule has 0 unspecified atom stereocenters. The van der Waals surface area contributed by atoms with E-state index in [1.54, 1.807) is 4.90 Å². The number of allylic oxidation sites excluding steroid dienone is 2. The molecule has 1 N–H and O–H groups in total. The molecule has 1 saturated heterocycles. The highest BCUT2D eigenvalue weighted by Crippen LogP contribution is 2.35. The predicted octanol–water partition coefficient (Wildman–Crippen LogP) is 3.74. The Kier molecular flexibility index (Phi) is 9.10. The Bertz CT molecular complexity index is 1140. The number of amides is 4. The van der Waals surface area contributed by atoms with Crippen LogP contribution in [0.5, 0.6) is 0 Å². The maximum absolute atomic E-state index is 13.8. The van der Waals surface area contributed by atoms with Crippen LogP contribution in [0.15, 0.2) is 72.8 Å². The third-order valence-electron chi connectivity index (χ3n) is 7.30. The van der Waals surface area contributed by atoms with Crippen LogP contribution in [-0.4, -0.2) is 52.6 Å². The smallest absolute Gasteiger partial charge is 0.243 e. The zero-order chi connectivity index (χ0) is 27.1. The van der Waals surface area contributed by atoms with E-state index in [4.69, 9.17) is 0 Å². The molecule has 0 saturated carbocycles. The Labute approximate surface area is 224 Å². The molecule has 38 heavy (non-hydrogen) atoms. The molecule has 0 spiro atoms. The number of imide groups is 1. The van der Waals surface area contributed by atoms with Crippen molar-refractivity contribution in [1.29, 1.82) is 0 Å². The Morgan fingerprint density at radius 2 is 1.45 bits per heavy atom. The lowest BCUT2D eigenvalue weighted by atomic mass is 9.85. The van der Waals surface area contributed by atoms with Gasteiger partial charge in [-0.15, -0.1) is 0 Å². The largest absolute Gasteiger partial charge is 0.354 e. The summed E-state index contributed by atoms with van der Waals surface area (Å²) in [6, 6.07) is 18.5. The van der Waals surface area contributed by atoms with Gasteiger partial charge in [0.1, 0.15) is 6.04 Å². The molecule has 3 atom stereocenters. The molecule has 200 valence electrons. The van der Waals surface area contributed by atoms with Gasteiger partial charge in [0.15, 0.2) is 0 Å². The van der Waals surface area contributed by atoms with E-state index in [0.717, 1.165) is 11.1 Å². The van der Waals surface area contributed by atoms with Crippen molar-refractivity contribution in [3.63, 3.8) is 0 Å². The van der Waals surface area contributed by atoms with Crippen LogP contribution in [0, 0.1) is 17.8 Å². The first kappa shape index (κ1) is 27.3. The van der Waals surface area contributed by atoms with Crippen molar-refractivity contribution in [3.05, 3.63) is 83.9 Å². The minimum Gasteiger partial charge on any atom is -0.354 e. The topological polar surface area (TPSA) is 86.8 Å². The van der Waals surface area contributed by atoms with Crippen LogP contribution in [0.1, 0.15) is 44.2 Å². The molecule has 0 aromatic heterocycles. The van der Waals surface area contributed by atoms with Crippen molar-refractivity contribution < 1.29 is 19.2 Å². The molecule has 1 heterocycles. The molecule has 1 aliphatic heterocycles. The van der Waals surface area contributed by atoms with E-state index in [0.29, 0.717) is 25.8 Å². The maximum atomic E-state index is 13.8. The van der Waals surface area contributed by atoms with Crippen LogP contribution >= 0.6 is 0 Å². The number of benzene rings is 2. The Hall–Kier alpha value is -3.74. The second kappa shape index (κ2) is 12.7. The lowest BCUT2D eigenvalue weighted by Crippen LogP contribution is -2.51. The summed E-state index contributed by atoms with van der Waals surface area (Å²) < 4.78 is 0. The van der Waals surface area contributed by atoms with E-state index in [-0.39, 0.29) is 60.9 Å². The molecule has 7 nitrogen and oxygen atoms in total. The lowest BCUT2D eigenvalue weighted by Gasteiger charge is -2.32. The Morgan fingerprint density at radius 1 is 0.895 bits per heavy atom. The lowest BCUT2D eigenvalue weighted by molar-refractivity contribution is -0.144. The summed E-state index contributed by atoms with van der Waals surface area (Å²) in [4.78, 5) is 56.0. The van der Waals surface area contributed by atoms with Crippen LogP contribution in [0.25, 0.3) is 0 Å². The van der Waals surface area contributed by atoms with Gasteiger partial charge in [0.2, 0.25) is 23.6 Å². The number of fused-ring (bicyclic) bond motifs is 1. The molecule has 4 amide bonds. The molecule has 2 aliphatic rings. The van der Waals surface area contributed by atoms with Crippen LogP contribution in [0.4, 0.5) is 0 Å². The fourth-order valence-electron chi connectivity index (χ4n) is 5.20. The van der Waals surface area contributed by atoms with Crippen molar-refractivity contribution in [1.82, 2.24) is 15.1 Å². The molecular weight excluding hydrogens is 478 g/mol. The summed E-state index contributed by atoms with van der Waals surface area (Å²) in [7, 11) is 0. The minimum atomic E-state index is -0.736. The quantitative estimate of drug-likeness (QED) is 0.365. The van der Waals surface area contributed by atoms with Gasteiger partial charge in [-0.3, -0.25) is 24.1 Å². The summed E-state index contributed by atoms with van der Waals surface area (Å²) in [5.41, 5.74) is 1.85. The second-order valence-corrected chi connectivity index (χ2v) is 10.6. The highest BCUT2D eigenvalue weighted by molar-refractivity contribution is 6.05. The van der Waals surface area contributed by atoms with Gasteiger partial charge in [0.25, 0.3) is 0 Å². The van der Waals surface area contributed by atoms with E-state index < -0.39 is 6.04 Å². The first-order chi connectivity index (χ1) is 18.3. The third kappa shape index (κ3) is 6.57. The van der Waals surface area contributed by atoms with Gasteiger partial charge in [-0.2, -0.15) is 0 Å². The number of carbonyl (C=O) groups is 4. The monoisotopic (exact) mass is 515 g/mol. The summed E-state index contributed by atoms with van der Waals surface area (Å²) in [6.07, 6.45) is 5.36. The average Bonchev–Trinajstić information content (AvgIpc) is 3.18. The third-order valence-corrected chi connectivity index (χ3v) is 7.30. The molecular formula is C31H37N3O4. The SMILES string of the molecule is CC(C)CNC(=O)[C@@H](Cc1ccccc1)N(Cc1ccccc1)C(=O)CCN1C(=O)[C@H]2CC=CC[C@H]2C1=O. The molecule has 2 aromatic carbocycles. The Morgan fingerprint density at radius 3 is 2.00 bits per heavy atom. The first-order valence-corrected chi connectivity index (χ1v) is 13.5. The number of hydrogen-bond acceptors (Lipinski definition) is 4.